The molecule has 32 heavy (non-hydrogen) atoms. The van der Waals surface area contributed by atoms with E-state index in [-0.39, 0.29) is 0 Å². The molecule has 0 spiro atoms. The van der Waals surface area contributed by atoms with Crippen molar-refractivity contribution in [2.45, 2.75) is 13.3 Å². The lowest BCUT2D eigenvalue weighted by molar-refractivity contribution is 0.495. The van der Waals surface area contributed by atoms with Gasteiger partial charge in [-0.3, -0.25) is 0 Å². The molecule has 0 aliphatic carbocycles. The van der Waals surface area contributed by atoms with Gasteiger partial charge in [-0.05, 0) is 40.5 Å². The third-order valence-corrected chi connectivity index (χ3v) is 9.46. The van der Waals surface area contributed by atoms with E-state index in [1.165, 1.54) is 26.7 Å². The van der Waals surface area contributed by atoms with Gasteiger partial charge in [0.05, 0.1) is 6.26 Å². The molecule has 0 heterocycles. The van der Waals surface area contributed by atoms with Crippen molar-refractivity contribution in [3.63, 3.8) is 0 Å². The molecule has 0 N–H and O–H groups in total. The van der Waals surface area contributed by atoms with Crippen LogP contribution < -0.4 is 15.6 Å². The Labute approximate surface area is 192 Å². The van der Waals surface area contributed by atoms with Crippen LogP contribution in [-0.2, 0) is 4.43 Å². The molecule has 0 saturated heterocycles. The number of rotatable bonds is 8. The van der Waals surface area contributed by atoms with Crippen molar-refractivity contribution in [2.24, 2.45) is 0 Å². The summed E-state index contributed by atoms with van der Waals surface area (Å²) in [4.78, 5) is 0. The first kappa shape index (κ1) is 21.6. The molecule has 2 heteroatoms. The van der Waals surface area contributed by atoms with Crippen LogP contribution in [0, 0.1) is 0 Å². The smallest absolute Gasteiger partial charge is 0.346 e. The molecule has 4 rings (SSSR count). The van der Waals surface area contributed by atoms with Crippen LogP contribution in [0.1, 0.15) is 18.9 Å². The number of allylic oxidation sites excluding steroid dienone is 2. The molecule has 4 aromatic carbocycles. The maximum atomic E-state index is 6.82. The van der Waals surface area contributed by atoms with Crippen molar-refractivity contribution in [1.29, 1.82) is 0 Å². The van der Waals surface area contributed by atoms with Gasteiger partial charge in [-0.25, -0.2) is 0 Å². The average molecular weight is 433 g/mol. The molecule has 0 radical (unpaired) electrons. The molecule has 1 nitrogen and oxygen atoms in total. The van der Waals surface area contributed by atoms with E-state index < -0.39 is 8.32 Å². The highest BCUT2D eigenvalue weighted by molar-refractivity contribution is 7.07. The van der Waals surface area contributed by atoms with Gasteiger partial charge in [0.15, 0.2) is 0 Å². The van der Waals surface area contributed by atoms with E-state index in [0.29, 0.717) is 0 Å². The van der Waals surface area contributed by atoms with E-state index in [2.05, 4.69) is 134 Å². The first-order valence-electron chi connectivity index (χ1n) is 11.0. The van der Waals surface area contributed by atoms with E-state index in [9.17, 15) is 0 Å². The van der Waals surface area contributed by atoms with Gasteiger partial charge in [-0.2, -0.15) is 0 Å². The third-order valence-electron chi connectivity index (χ3n) is 5.53. The number of hydrogen-bond acceptors (Lipinski definition) is 1. The maximum Gasteiger partial charge on any atom is 0.346 e. The van der Waals surface area contributed by atoms with Crippen molar-refractivity contribution < 1.29 is 4.43 Å². The lowest BCUT2D eigenvalue weighted by Crippen LogP contribution is -2.68. The summed E-state index contributed by atoms with van der Waals surface area (Å²) in [5.41, 5.74) is 2.52. The Morgan fingerprint density at radius 3 is 1.47 bits per heavy atom. The molecule has 0 atom stereocenters. The fourth-order valence-corrected chi connectivity index (χ4v) is 7.69. The summed E-state index contributed by atoms with van der Waals surface area (Å²) in [6.07, 6.45) is 7.12. The second-order valence-corrected chi connectivity index (χ2v) is 11.2. The molecule has 4 aromatic rings. The molecule has 0 amide bonds. The third kappa shape index (κ3) is 4.98. The Balaban J connectivity index is 1.68. The monoisotopic (exact) mass is 432 g/mol. The molecule has 0 unspecified atom stereocenters. The summed E-state index contributed by atoms with van der Waals surface area (Å²) in [5, 5.41) is 3.70. The number of hydrogen-bond donors (Lipinski definition) is 0. The van der Waals surface area contributed by atoms with Gasteiger partial charge in [-0.1, -0.05) is 133 Å². The molecule has 158 valence electrons. The standard InChI is InChI=1S/C30H28OSi/c1-26(25-27-16-6-2-7-17-27)15-14-24-31-32(28-18-8-3-9-19-28,29-20-10-4-11-21-29)30-22-12-5-13-23-30/h2-14,16-25H,15H2,1H3/b24-14-,26-25+. The van der Waals surface area contributed by atoms with Gasteiger partial charge in [0.1, 0.15) is 0 Å². The van der Waals surface area contributed by atoms with Crippen molar-refractivity contribution in [3.8, 4) is 0 Å². The van der Waals surface area contributed by atoms with Crippen LogP contribution in [0.15, 0.2) is 139 Å². The minimum atomic E-state index is -2.68. The molecule has 0 aromatic heterocycles. The summed E-state index contributed by atoms with van der Waals surface area (Å²) in [7, 11) is -2.68. The highest BCUT2D eigenvalue weighted by Crippen LogP contribution is 2.13. The first-order valence-corrected chi connectivity index (χ1v) is 12.9. The van der Waals surface area contributed by atoms with Crippen LogP contribution in [0.5, 0.6) is 0 Å². The highest BCUT2D eigenvalue weighted by Gasteiger charge is 2.42. The normalized spacial score (nSPS) is 12.1. The Hall–Kier alpha value is -3.62. The Kier molecular flexibility index (Phi) is 7.16. The van der Waals surface area contributed by atoms with Gasteiger partial charge in [0.2, 0.25) is 0 Å². The first-order chi connectivity index (χ1) is 15.8. The Bertz CT molecular complexity index is 1050. The molecule has 0 aliphatic rings. The Morgan fingerprint density at radius 1 is 0.625 bits per heavy atom. The Morgan fingerprint density at radius 2 is 1.03 bits per heavy atom. The molecule has 0 aliphatic heterocycles. The summed E-state index contributed by atoms with van der Waals surface area (Å²) in [6.45, 7) is 2.16. The van der Waals surface area contributed by atoms with E-state index in [1.807, 2.05) is 12.3 Å². The predicted molar refractivity (Wildman–Crippen MR) is 139 cm³/mol. The van der Waals surface area contributed by atoms with Crippen LogP contribution in [0.4, 0.5) is 0 Å². The van der Waals surface area contributed by atoms with E-state index in [4.69, 9.17) is 4.43 Å². The van der Waals surface area contributed by atoms with Crippen molar-refractivity contribution >= 4 is 30.0 Å². The van der Waals surface area contributed by atoms with E-state index in [0.717, 1.165) is 6.42 Å². The fraction of sp³-hybridized carbons (Fsp3) is 0.0667. The second kappa shape index (κ2) is 10.6. The van der Waals surface area contributed by atoms with Crippen LogP contribution >= 0.6 is 0 Å². The van der Waals surface area contributed by atoms with E-state index in [1.54, 1.807) is 0 Å². The minimum absolute atomic E-state index is 0.845. The highest BCUT2D eigenvalue weighted by atomic mass is 28.4. The summed E-state index contributed by atoms with van der Waals surface area (Å²) >= 11 is 0. The van der Waals surface area contributed by atoms with Crippen LogP contribution in [-0.4, -0.2) is 8.32 Å². The lowest BCUT2D eigenvalue weighted by Gasteiger charge is -2.31. The van der Waals surface area contributed by atoms with Crippen molar-refractivity contribution in [3.05, 3.63) is 145 Å². The van der Waals surface area contributed by atoms with Crippen molar-refractivity contribution in [1.82, 2.24) is 0 Å². The zero-order valence-electron chi connectivity index (χ0n) is 18.4. The van der Waals surface area contributed by atoms with Crippen LogP contribution in [0.2, 0.25) is 0 Å². The summed E-state index contributed by atoms with van der Waals surface area (Å²) < 4.78 is 6.82. The second-order valence-electron chi connectivity index (χ2n) is 7.87. The van der Waals surface area contributed by atoms with Gasteiger partial charge >= 0.3 is 8.32 Å². The van der Waals surface area contributed by atoms with Gasteiger partial charge in [-0.15, -0.1) is 0 Å². The zero-order valence-corrected chi connectivity index (χ0v) is 19.4. The summed E-state index contributed by atoms with van der Waals surface area (Å²) in [6, 6.07) is 42.4. The summed E-state index contributed by atoms with van der Waals surface area (Å²) in [5.74, 6) is 0. The molecular formula is C30H28OSi. The average Bonchev–Trinajstić information content (AvgIpc) is 2.86. The molecule has 0 fully saturated rings. The topological polar surface area (TPSA) is 9.23 Å². The van der Waals surface area contributed by atoms with Crippen LogP contribution in [0.25, 0.3) is 6.08 Å². The van der Waals surface area contributed by atoms with E-state index >= 15 is 0 Å². The van der Waals surface area contributed by atoms with Gasteiger partial charge in [0.25, 0.3) is 0 Å². The van der Waals surface area contributed by atoms with Gasteiger partial charge < -0.3 is 4.43 Å². The predicted octanol–water partition coefficient (Wildman–Crippen LogP) is 5.68. The molecule has 0 saturated carbocycles. The minimum Gasteiger partial charge on any atom is -0.537 e. The molecule has 0 bridgehead atoms. The van der Waals surface area contributed by atoms with Crippen LogP contribution in [0.3, 0.4) is 0 Å². The number of benzene rings is 4. The maximum absolute atomic E-state index is 6.82. The molecular weight excluding hydrogens is 404 g/mol. The van der Waals surface area contributed by atoms with Crippen molar-refractivity contribution in [2.75, 3.05) is 0 Å². The quantitative estimate of drug-likeness (QED) is 0.198. The van der Waals surface area contributed by atoms with Gasteiger partial charge in [0, 0.05) is 0 Å². The largest absolute Gasteiger partial charge is 0.537 e. The fourth-order valence-electron chi connectivity index (χ4n) is 4.00. The zero-order chi connectivity index (χ0) is 22.1. The SMILES string of the molecule is C/C(=C\c1ccccc1)C/C=C\O[Si](c1ccccc1)(c1ccccc1)c1ccccc1. The lowest BCUT2D eigenvalue weighted by atomic mass is 10.1.